The molecule has 3 rings (SSSR count). The van der Waals surface area contributed by atoms with E-state index in [-0.39, 0.29) is 11.3 Å². The number of hydrogen-bond acceptors (Lipinski definition) is 2. The predicted octanol–water partition coefficient (Wildman–Crippen LogP) is 2.05. The lowest BCUT2D eigenvalue weighted by Gasteiger charge is -2.15. The quantitative estimate of drug-likeness (QED) is 0.880. The molecule has 1 aromatic heterocycles. The van der Waals surface area contributed by atoms with Crippen LogP contribution in [-0.2, 0) is 10.2 Å². The summed E-state index contributed by atoms with van der Waals surface area (Å²) >= 11 is 0. The maximum atomic E-state index is 12.4. The lowest BCUT2D eigenvalue weighted by atomic mass is 9.95. The number of aromatic nitrogens is 1. The van der Waals surface area contributed by atoms with E-state index in [1.807, 2.05) is 30.3 Å². The van der Waals surface area contributed by atoms with Crippen molar-refractivity contribution in [1.82, 2.24) is 4.98 Å². The van der Waals surface area contributed by atoms with Crippen LogP contribution in [0.1, 0.15) is 18.4 Å². The van der Waals surface area contributed by atoms with Gasteiger partial charge in [0.2, 0.25) is 11.3 Å². The summed E-state index contributed by atoms with van der Waals surface area (Å²) < 4.78 is 0. The van der Waals surface area contributed by atoms with Crippen LogP contribution >= 0.6 is 0 Å². The van der Waals surface area contributed by atoms with Crippen LogP contribution < -0.4 is 10.7 Å². The number of carbonyl (C=O) groups excluding carboxylic acids is 1. The first-order valence-electron chi connectivity index (χ1n) is 6.26. The van der Waals surface area contributed by atoms with Crippen molar-refractivity contribution >= 4 is 11.6 Å². The Morgan fingerprint density at radius 1 is 1.16 bits per heavy atom. The Kier molecular flexibility index (Phi) is 2.71. The third kappa shape index (κ3) is 2.05. The van der Waals surface area contributed by atoms with E-state index in [1.165, 1.54) is 12.3 Å². The van der Waals surface area contributed by atoms with Gasteiger partial charge in [-0.05, 0) is 18.4 Å². The summed E-state index contributed by atoms with van der Waals surface area (Å²) in [4.78, 5) is 26.8. The molecule has 4 nitrogen and oxygen atoms in total. The van der Waals surface area contributed by atoms with E-state index in [4.69, 9.17) is 0 Å². The number of hydrogen-bond donors (Lipinski definition) is 2. The van der Waals surface area contributed by atoms with Crippen molar-refractivity contribution in [2.24, 2.45) is 0 Å². The molecule has 1 amide bonds. The van der Waals surface area contributed by atoms with E-state index in [1.54, 1.807) is 6.20 Å². The second kappa shape index (κ2) is 4.39. The fourth-order valence-electron chi connectivity index (χ4n) is 2.28. The summed E-state index contributed by atoms with van der Waals surface area (Å²) in [5.41, 5.74) is 0.675. The van der Waals surface area contributed by atoms with Crippen molar-refractivity contribution in [3.8, 4) is 0 Å². The molecule has 2 N–H and O–H groups in total. The fourth-order valence-corrected chi connectivity index (χ4v) is 2.28. The Bertz CT molecular complexity index is 657. The highest BCUT2D eigenvalue weighted by atomic mass is 16.2. The molecule has 1 aliphatic rings. The van der Waals surface area contributed by atoms with Gasteiger partial charge in [-0.2, -0.15) is 0 Å². The SMILES string of the molecule is O=C(Nc1c[nH]ccc1=O)C1(c2ccccc2)CC1. The number of carbonyl (C=O) groups is 1. The second-order valence-corrected chi connectivity index (χ2v) is 4.82. The largest absolute Gasteiger partial charge is 0.366 e. The lowest BCUT2D eigenvalue weighted by molar-refractivity contribution is -0.118. The molecule has 2 aromatic rings. The Hall–Kier alpha value is -2.36. The molecule has 0 spiro atoms. The van der Waals surface area contributed by atoms with Crippen molar-refractivity contribution < 1.29 is 4.79 Å². The predicted molar refractivity (Wildman–Crippen MR) is 73.0 cm³/mol. The zero-order chi connectivity index (χ0) is 13.3. The summed E-state index contributed by atoms with van der Waals surface area (Å²) in [5.74, 6) is -0.101. The number of anilines is 1. The first-order chi connectivity index (χ1) is 9.22. The minimum atomic E-state index is -0.455. The second-order valence-electron chi connectivity index (χ2n) is 4.82. The first-order valence-corrected chi connectivity index (χ1v) is 6.26. The van der Waals surface area contributed by atoms with Gasteiger partial charge in [-0.15, -0.1) is 0 Å². The molecular formula is C15H14N2O2. The molecule has 0 saturated heterocycles. The lowest BCUT2D eigenvalue weighted by Crippen LogP contribution is -2.29. The highest BCUT2D eigenvalue weighted by Crippen LogP contribution is 2.48. The summed E-state index contributed by atoms with van der Waals surface area (Å²) in [6, 6.07) is 11.1. The molecule has 0 aliphatic heterocycles. The maximum Gasteiger partial charge on any atom is 0.235 e. The minimum Gasteiger partial charge on any atom is -0.366 e. The maximum absolute atomic E-state index is 12.4. The molecule has 1 fully saturated rings. The number of H-pyrrole nitrogens is 1. The van der Waals surface area contributed by atoms with Gasteiger partial charge in [-0.1, -0.05) is 30.3 Å². The van der Waals surface area contributed by atoms with Gasteiger partial charge >= 0.3 is 0 Å². The van der Waals surface area contributed by atoms with E-state index in [0.717, 1.165) is 18.4 Å². The van der Waals surface area contributed by atoms with Crippen LogP contribution in [-0.4, -0.2) is 10.9 Å². The van der Waals surface area contributed by atoms with Crippen LogP contribution in [0.2, 0.25) is 0 Å². The van der Waals surface area contributed by atoms with Gasteiger partial charge in [0.25, 0.3) is 0 Å². The van der Waals surface area contributed by atoms with E-state index in [2.05, 4.69) is 10.3 Å². The van der Waals surface area contributed by atoms with Gasteiger partial charge in [-0.25, -0.2) is 0 Å². The van der Waals surface area contributed by atoms with E-state index in [0.29, 0.717) is 5.69 Å². The van der Waals surface area contributed by atoms with Gasteiger partial charge < -0.3 is 10.3 Å². The molecule has 1 aliphatic carbocycles. The molecule has 0 atom stereocenters. The molecule has 1 heterocycles. The molecular weight excluding hydrogens is 240 g/mol. The number of amides is 1. The average Bonchev–Trinajstić information content (AvgIpc) is 3.24. The Morgan fingerprint density at radius 2 is 1.89 bits per heavy atom. The van der Waals surface area contributed by atoms with E-state index in [9.17, 15) is 9.59 Å². The van der Waals surface area contributed by atoms with Crippen LogP contribution in [0.15, 0.2) is 53.6 Å². The van der Waals surface area contributed by atoms with Gasteiger partial charge in [0.1, 0.15) is 5.69 Å². The van der Waals surface area contributed by atoms with Gasteiger partial charge in [0, 0.05) is 18.5 Å². The average molecular weight is 254 g/mol. The number of rotatable bonds is 3. The summed E-state index contributed by atoms with van der Waals surface area (Å²) in [6.45, 7) is 0. The number of benzene rings is 1. The monoisotopic (exact) mass is 254 g/mol. The molecule has 0 bridgehead atoms. The van der Waals surface area contributed by atoms with E-state index < -0.39 is 5.41 Å². The van der Waals surface area contributed by atoms with Crippen LogP contribution in [0.5, 0.6) is 0 Å². The summed E-state index contributed by atoms with van der Waals surface area (Å²) in [7, 11) is 0. The van der Waals surface area contributed by atoms with Crippen molar-refractivity contribution in [2.45, 2.75) is 18.3 Å². The number of pyridine rings is 1. The first kappa shape index (κ1) is 11.7. The standard InChI is InChI=1S/C15H14N2O2/c18-13-6-9-16-10-12(13)17-14(19)15(7-8-15)11-4-2-1-3-5-11/h1-6,9-10H,7-8H2,(H,16,18)(H,17,19). The Balaban J connectivity index is 1.86. The number of aromatic amines is 1. The normalized spacial score (nSPS) is 15.8. The zero-order valence-electron chi connectivity index (χ0n) is 10.3. The Labute approximate surface area is 110 Å². The molecule has 1 saturated carbocycles. The van der Waals surface area contributed by atoms with Crippen molar-refractivity contribution in [3.05, 3.63) is 64.6 Å². The topological polar surface area (TPSA) is 62.0 Å². The Morgan fingerprint density at radius 3 is 2.53 bits per heavy atom. The third-order valence-electron chi connectivity index (χ3n) is 3.58. The highest BCUT2D eigenvalue weighted by molar-refractivity contribution is 6.01. The van der Waals surface area contributed by atoms with Crippen molar-refractivity contribution in [3.63, 3.8) is 0 Å². The molecule has 0 unspecified atom stereocenters. The molecule has 1 aromatic carbocycles. The van der Waals surface area contributed by atoms with E-state index >= 15 is 0 Å². The van der Waals surface area contributed by atoms with Gasteiger partial charge in [0.15, 0.2) is 0 Å². The molecule has 19 heavy (non-hydrogen) atoms. The van der Waals surface area contributed by atoms with Gasteiger partial charge in [-0.3, -0.25) is 9.59 Å². The molecule has 4 heteroatoms. The zero-order valence-corrected chi connectivity index (χ0v) is 10.3. The van der Waals surface area contributed by atoms with Crippen LogP contribution in [0, 0.1) is 0 Å². The van der Waals surface area contributed by atoms with Gasteiger partial charge in [0.05, 0.1) is 5.41 Å². The van der Waals surface area contributed by atoms with Crippen LogP contribution in [0.25, 0.3) is 0 Å². The number of nitrogens with one attached hydrogen (secondary N) is 2. The summed E-state index contributed by atoms with van der Waals surface area (Å²) in [5, 5.41) is 2.73. The smallest absolute Gasteiger partial charge is 0.235 e. The highest BCUT2D eigenvalue weighted by Gasteiger charge is 2.51. The third-order valence-corrected chi connectivity index (χ3v) is 3.58. The summed E-state index contributed by atoms with van der Waals surface area (Å²) in [6.07, 6.45) is 4.71. The van der Waals surface area contributed by atoms with Crippen LogP contribution in [0.3, 0.4) is 0 Å². The van der Waals surface area contributed by atoms with Crippen molar-refractivity contribution in [2.75, 3.05) is 5.32 Å². The minimum absolute atomic E-state index is 0.101. The fraction of sp³-hybridized carbons (Fsp3) is 0.200. The van der Waals surface area contributed by atoms with Crippen LogP contribution in [0.4, 0.5) is 5.69 Å². The molecule has 0 radical (unpaired) electrons. The molecule has 96 valence electrons. The van der Waals surface area contributed by atoms with Crippen molar-refractivity contribution in [1.29, 1.82) is 0 Å².